The van der Waals surface area contributed by atoms with E-state index in [-0.39, 0.29) is 10.8 Å². The first-order chi connectivity index (χ1) is 13.5. The number of urea groups is 1. The van der Waals surface area contributed by atoms with Crippen molar-refractivity contribution >= 4 is 23.5 Å². The third-order valence-electron chi connectivity index (χ3n) is 5.72. The Kier molecular flexibility index (Phi) is 5.48. The SMILES string of the molecule is O=C(Nc1ccnnc1)N1CCC(C2(Sc3cc(F)cc(F)c3)CCC2)CC1. The maximum Gasteiger partial charge on any atom is 0.321 e. The number of nitrogens with one attached hydrogen (secondary N) is 1. The van der Waals surface area contributed by atoms with Gasteiger partial charge in [-0.3, -0.25) is 0 Å². The molecular weight excluding hydrogens is 382 g/mol. The largest absolute Gasteiger partial charge is 0.325 e. The van der Waals surface area contributed by atoms with Crippen molar-refractivity contribution in [3.8, 4) is 0 Å². The molecule has 1 aromatic heterocycles. The first-order valence-corrected chi connectivity index (χ1v) is 10.3. The molecule has 2 aromatic rings. The number of hydrogen-bond acceptors (Lipinski definition) is 4. The zero-order valence-electron chi connectivity index (χ0n) is 15.4. The second-order valence-electron chi connectivity index (χ2n) is 7.45. The van der Waals surface area contributed by atoms with Crippen LogP contribution >= 0.6 is 11.8 Å². The Morgan fingerprint density at radius 1 is 1.14 bits per heavy atom. The van der Waals surface area contributed by atoms with Gasteiger partial charge in [-0.15, -0.1) is 11.8 Å². The fourth-order valence-electron chi connectivity index (χ4n) is 4.12. The Labute approximate surface area is 166 Å². The number of carbonyl (C=O) groups excluding carboxylic acids is 1. The fraction of sp³-hybridized carbons (Fsp3) is 0.450. The number of amides is 2. The van der Waals surface area contributed by atoms with Crippen LogP contribution < -0.4 is 5.32 Å². The average molecular weight is 404 g/mol. The second kappa shape index (κ2) is 8.03. The van der Waals surface area contributed by atoms with Gasteiger partial charge in [0.05, 0.1) is 18.1 Å². The minimum absolute atomic E-state index is 0.0256. The summed E-state index contributed by atoms with van der Waals surface area (Å²) in [6.07, 6.45) is 8.09. The molecule has 28 heavy (non-hydrogen) atoms. The number of benzene rings is 1. The van der Waals surface area contributed by atoms with Crippen molar-refractivity contribution in [3.05, 3.63) is 48.3 Å². The number of carbonyl (C=O) groups is 1. The van der Waals surface area contributed by atoms with E-state index in [1.165, 1.54) is 24.5 Å². The van der Waals surface area contributed by atoms with E-state index < -0.39 is 11.6 Å². The summed E-state index contributed by atoms with van der Waals surface area (Å²) >= 11 is 1.61. The van der Waals surface area contributed by atoms with Gasteiger partial charge in [-0.2, -0.15) is 10.2 Å². The molecule has 2 amide bonds. The van der Waals surface area contributed by atoms with E-state index in [0.717, 1.165) is 38.2 Å². The van der Waals surface area contributed by atoms with Crippen LogP contribution in [-0.4, -0.2) is 39.0 Å². The molecule has 0 radical (unpaired) electrons. The first kappa shape index (κ1) is 19.1. The van der Waals surface area contributed by atoms with Crippen LogP contribution in [0.5, 0.6) is 0 Å². The third kappa shape index (κ3) is 4.11. The Balaban J connectivity index is 1.37. The Morgan fingerprint density at radius 2 is 1.86 bits per heavy atom. The number of halogens is 2. The lowest BCUT2D eigenvalue weighted by Crippen LogP contribution is -2.49. The molecule has 0 unspecified atom stereocenters. The highest BCUT2D eigenvalue weighted by Gasteiger charge is 2.46. The van der Waals surface area contributed by atoms with Crippen LogP contribution in [0.2, 0.25) is 0 Å². The quantitative estimate of drug-likeness (QED) is 0.802. The summed E-state index contributed by atoms with van der Waals surface area (Å²) in [5.74, 6) is -0.632. The highest BCUT2D eigenvalue weighted by molar-refractivity contribution is 8.00. The second-order valence-corrected chi connectivity index (χ2v) is 8.94. The normalized spacial score (nSPS) is 19.1. The molecule has 1 aromatic carbocycles. The van der Waals surface area contributed by atoms with Gasteiger partial charge < -0.3 is 10.2 Å². The summed E-state index contributed by atoms with van der Waals surface area (Å²) in [5.41, 5.74) is 0.626. The summed E-state index contributed by atoms with van der Waals surface area (Å²) in [6.45, 7) is 1.35. The van der Waals surface area contributed by atoms with E-state index in [2.05, 4.69) is 15.5 Å². The summed E-state index contributed by atoms with van der Waals surface area (Å²) < 4.78 is 27.2. The summed E-state index contributed by atoms with van der Waals surface area (Å²) in [4.78, 5) is 14.9. The molecule has 1 aliphatic heterocycles. The third-order valence-corrected chi connectivity index (χ3v) is 7.34. The predicted octanol–water partition coefficient (Wildman–Crippen LogP) is 4.71. The van der Waals surface area contributed by atoms with Crippen LogP contribution in [0, 0.1) is 17.6 Å². The van der Waals surface area contributed by atoms with Gasteiger partial charge >= 0.3 is 6.03 Å². The van der Waals surface area contributed by atoms with Gasteiger partial charge in [0.25, 0.3) is 0 Å². The minimum Gasteiger partial charge on any atom is -0.325 e. The molecule has 1 N–H and O–H groups in total. The van der Waals surface area contributed by atoms with Crippen LogP contribution in [0.15, 0.2) is 41.6 Å². The van der Waals surface area contributed by atoms with Crippen molar-refractivity contribution in [2.45, 2.75) is 41.7 Å². The number of thioether (sulfide) groups is 1. The lowest BCUT2D eigenvalue weighted by Gasteiger charge is -2.50. The van der Waals surface area contributed by atoms with E-state index in [4.69, 9.17) is 0 Å². The molecule has 4 rings (SSSR count). The van der Waals surface area contributed by atoms with Crippen LogP contribution in [0.25, 0.3) is 0 Å². The van der Waals surface area contributed by atoms with Crippen LogP contribution in [-0.2, 0) is 0 Å². The average Bonchev–Trinajstić information content (AvgIpc) is 2.65. The Morgan fingerprint density at radius 3 is 2.43 bits per heavy atom. The van der Waals surface area contributed by atoms with Gasteiger partial charge in [0.1, 0.15) is 11.6 Å². The van der Waals surface area contributed by atoms with Gasteiger partial charge in [-0.25, -0.2) is 13.6 Å². The molecule has 5 nitrogen and oxygen atoms in total. The minimum atomic E-state index is -0.533. The van der Waals surface area contributed by atoms with Crippen molar-refractivity contribution in [3.63, 3.8) is 0 Å². The predicted molar refractivity (Wildman–Crippen MR) is 104 cm³/mol. The molecule has 148 valence electrons. The molecule has 2 aliphatic rings. The van der Waals surface area contributed by atoms with Crippen LogP contribution in [0.3, 0.4) is 0 Å². The maximum absolute atomic E-state index is 13.6. The van der Waals surface area contributed by atoms with Crippen molar-refractivity contribution in [1.82, 2.24) is 15.1 Å². The van der Waals surface area contributed by atoms with Crippen molar-refractivity contribution in [2.75, 3.05) is 18.4 Å². The molecule has 1 saturated carbocycles. The highest BCUT2D eigenvalue weighted by Crippen LogP contribution is 2.55. The summed E-state index contributed by atoms with van der Waals surface area (Å²) in [5, 5.41) is 10.3. The van der Waals surface area contributed by atoms with Crippen LogP contribution in [0.1, 0.15) is 32.1 Å². The lowest BCUT2D eigenvalue weighted by atomic mass is 9.71. The van der Waals surface area contributed by atoms with E-state index in [1.807, 2.05) is 4.90 Å². The van der Waals surface area contributed by atoms with Gasteiger partial charge in [-0.05, 0) is 49.8 Å². The molecule has 0 atom stereocenters. The number of rotatable bonds is 4. The molecule has 1 saturated heterocycles. The van der Waals surface area contributed by atoms with Gasteiger partial charge in [0.2, 0.25) is 0 Å². The highest BCUT2D eigenvalue weighted by atomic mass is 32.2. The number of nitrogens with zero attached hydrogens (tertiary/aromatic N) is 3. The van der Waals surface area contributed by atoms with Crippen molar-refractivity contribution in [2.24, 2.45) is 5.92 Å². The fourth-order valence-corrected chi connectivity index (χ4v) is 5.82. The maximum atomic E-state index is 13.6. The smallest absolute Gasteiger partial charge is 0.321 e. The number of likely N-dealkylation sites (tertiary alicyclic amines) is 1. The summed E-state index contributed by atoms with van der Waals surface area (Å²) in [6, 6.07) is 5.31. The number of aromatic nitrogens is 2. The molecular formula is C20H22F2N4OS. The number of piperidine rings is 1. The molecule has 8 heteroatoms. The van der Waals surface area contributed by atoms with E-state index in [0.29, 0.717) is 29.6 Å². The van der Waals surface area contributed by atoms with E-state index in [1.54, 1.807) is 17.8 Å². The molecule has 1 aliphatic carbocycles. The Bertz CT molecular complexity index is 819. The zero-order chi connectivity index (χ0) is 19.6. The summed E-state index contributed by atoms with van der Waals surface area (Å²) in [7, 11) is 0. The number of anilines is 1. The van der Waals surface area contributed by atoms with Crippen molar-refractivity contribution < 1.29 is 13.6 Å². The van der Waals surface area contributed by atoms with Gasteiger partial charge in [-0.1, -0.05) is 6.42 Å². The monoisotopic (exact) mass is 404 g/mol. The zero-order valence-corrected chi connectivity index (χ0v) is 16.2. The van der Waals surface area contributed by atoms with Crippen molar-refractivity contribution in [1.29, 1.82) is 0 Å². The topological polar surface area (TPSA) is 58.1 Å². The molecule has 2 fully saturated rings. The van der Waals surface area contributed by atoms with Gasteiger partial charge in [0, 0.05) is 28.8 Å². The molecule has 0 bridgehead atoms. The van der Waals surface area contributed by atoms with E-state index >= 15 is 0 Å². The van der Waals surface area contributed by atoms with E-state index in [9.17, 15) is 13.6 Å². The van der Waals surface area contributed by atoms with Crippen LogP contribution in [0.4, 0.5) is 19.3 Å². The molecule has 0 spiro atoms. The standard InChI is InChI=1S/C20H22F2N4OS/c21-15-10-16(22)12-18(11-15)28-20(5-1-6-20)14-3-8-26(9-4-14)19(27)25-17-2-7-23-24-13-17/h2,7,10-14H,1,3-6,8-9H2,(H,23,25,27). The molecule has 2 heterocycles. The Hall–Kier alpha value is -2.22. The number of hydrogen-bond donors (Lipinski definition) is 1. The van der Waals surface area contributed by atoms with Gasteiger partial charge in [0.15, 0.2) is 0 Å². The lowest BCUT2D eigenvalue weighted by molar-refractivity contribution is 0.142. The first-order valence-electron chi connectivity index (χ1n) is 9.52.